The van der Waals surface area contributed by atoms with Crippen molar-refractivity contribution in [3.8, 4) is 11.6 Å². The molecule has 3 aromatic heterocycles. The molecule has 2 amide bonds. The van der Waals surface area contributed by atoms with E-state index in [2.05, 4.69) is 20.2 Å². The minimum Gasteiger partial charge on any atom is -0.481 e. The Kier molecular flexibility index (Phi) is 5.44. The van der Waals surface area contributed by atoms with Crippen molar-refractivity contribution < 1.29 is 23.8 Å². The maximum absolute atomic E-state index is 12.8. The number of amides is 2. The van der Waals surface area contributed by atoms with Crippen molar-refractivity contribution in [3.05, 3.63) is 46.8 Å². The van der Waals surface area contributed by atoms with Crippen molar-refractivity contribution in [2.75, 3.05) is 50.1 Å². The van der Waals surface area contributed by atoms with Gasteiger partial charge in [0.05, 0.1) is 7.11 Å². The first kappa shape index (κ1) is 22.3. The standard InChI is InChI=1S/C24H24N6O6/c1-34-20-6-2-14-3-7-21(32)29(23(14)27-20)9-8-28-10-15-11-30(24(33)36-17(15)12-28)18-5-4-16-22(25-18)26-19(31)13-35-16/h2-7,15,17H,8-13H2,1H3,(H,25,26,31). The van der Waals surface area contributed by atoms with E-state index in [1.807, 2.05) is 6.07 Å². The van der Waals surface area contributed by atoms with Crippen molar-refractivity contribution >= 4 is 34.7 Å². The number of hydrogen-bond acceptors (Lipinski definition) is 9. The Hall–Kier alpha value is -4.19. The zero-order valence-electron chi connectivity index (χ0n) is 19.5. The van der Waals surface area contributed by atoms with Gasteiger partial charge in [-0.05, 0) is 24.3 Å². The van der Waals surface area contributed by atoms with Crippen LogP contribution >= 0.6 is 0 Å². The molecule has 2 fully saturated rings. The van der Waals surface area contributed by atoms with E-state index >= 15 is 0 Å². The molecular formula is C24H24N6O6. The van der Waals surface area contributed by atoms with Crippen molar-refractivity contribution in [1.82, 2.24) is 19.4 Å². The van der Waals surface area contributed by atoms with E-state index in [0.29, 0.717) is 55.8 Å². The molecule has 2 saturated heterocycles. The second-order valence-corrected chi connectivity index (χ2v) is 9.00. The van der Waals surface area contributed by atoms with E-state index in [9.17, 15) is 14.4 Å². The fraction of sp³-hybridized carbons (Fsp3) is 0.375. The molecule has 2 unspecified atom stereocenters. The van der Waals surface area contributed by atoms with E-state index in [-0.39, 0.29) is 35.9 Å². The summed E-state index contributed by atoms with van der Waals surface area (Å²) in [6, 6.07) is 10.3. The predicted molar refractivity (Wildman–Crippen MR) is 128 cm³/mol. The maximum Gasteiger partial charge on any atom is 0.415 e. The molecule has 0 saturated carbocycles. The number of nitrogens with one attached hydrogen (secondary N) is 1. The number of likely N-dealkylation sites (tertiary alicyclic amines) is 1. The van der Waals surface area contributed by atoms with Crippen molar-refractivity contribution in [1.29, 1.82) is 0 Å². The Morgan fingerprint density at radius 3 is 2.75 bits per heavy atom. The molecule has 3 aromatic rings. The van der Waals surface area contributed by atoms with E-state index in [4.69, 9.17) is 14.2 Å². The number of carbonyl (C=O) groups is 2. The molecular weight excluding hydrogens is 468 g/mol. The summed E-state index contributed by atoms with van der Waals surface area (Å²) in [7, 11) is 1.54. The van der Waals surface area contributed by atoms with Gasteiger partial charge in [-0.25, -0.2) is 9.78 Å². The Bertz CT molecular complexity index is 1420. The maximum atomic E-state index is 12.8. The molecule has 186 valence electrons. The van der Waals surface area contributed by atoms with Crippen LogP contribution in [-0.2, 0) is 16.1 Å². The number of nitrogens with zero attached hydrogens (tertiary/aromatic N) is 5. The van der Waals surface area contributed by atoms with E-state index in [1.54, 1.807) is 42.0 Å². The topological polar surface area (TPSA) is 128 Å². The second kappa shape index (κ2) is 8.79. The lowest BCUT2D eigenvalue weighted by Gasteiger charge is -2.33. The van der Waals surface area contributed by atoms with Crippen LogP contribution in [0.2, 0.25) is 0 Å². The number of carbonyl (C=O) groups excluding carboxylic acids is 2. The third-order valence-electron chi connectivity index (χ3n) is 6.74. The lowest BCUT2D eigenvalue weighted by Crippen LogP contribution is -2.48. The van der Waals surface area contributed by atoms with Crippen LogP contribution in [0.5, 0.6) is 11.6 Å². The van der Waals surface area contributed by atoms with E-state index in [1.165, 1.54) is 4.90 Å². The molecule has 0 bridgehead atoms. The highest BCUT2D eigenvalue weighted by Gasteiger charge is 2.43. The fourth-order valence-corrected chi connectivity index (χ4v) is 4.93. The summed E-state index contributed by atoms with van der Waals surface area (Å²) in [6.07, 6.45) is -0.716. The van der Waals surface area contributed by atoms with Gasteiger partial charge in [0.15, 0.2) is 18.2 Å². The largest absolute Gasteiger partial charge is 0.481 e. The normalized spacial score (nSPS) is 21.4. The molecule has 3 aliphatic rings. The third kappa shape index (κ3) is 3.98. The Balaban J connectivity index is 1.15. The number of anilines is 2. The molecule has 12 nitrogen and oxygen atoms in total. The monoisotopic (exact) mass is 492 g/mol. The number of ether oxygens (including phenoxy) is 3. The van der Waals surface area contributed by atoms with Crippen LogP contribution in [0.3, 0.4) is 0 Å². The molecule has 0 radical (unpaired) electrons. The van der Waals surface area contributed by atoms with Crippen molar-refractivity contribution in [2.24, 2.45) is 5.92 Å². The smallest absolute Gasteiger partial charge is 0.415 e. The first-order valence-electron chi connectivity index (χ1n) is 11.7. The molecule has 0 spiro atoms. The van der Waals surface area contributed by atoms with Gasteiger partial charge in [-0.2, -0.15) is 4.98 Å². The lowest BCUT2D eigenvalue weighted by atomic mass is 10.0. The van der Waals surface area contributed by atoms with Gasteiger partial charge in [-0.3, -0.25) is 24.0 Å². The second-order valence-electron chi connectivity index (χ2n) is 9.00. The molecule has 1 N–H and O–H groups in total. The zero-order valence-corrected chi connectivity index (χ0v) is 19.5. The van der Waals surface area contributed by atoms with Crippen LogP contribution in [0.25, 0.3) is 11.0 Å². The Morgan fingerprint density at radius 1 is 1.03 bits per heavy atom. The summed E-state index contributed by atoms with van der Waals surface area (Å²) in [4.78, 5) is 49.5. The van der Waals surface area contributed by atoms with Gasteiger partial charge in [0.25, 0.3) is 11.5 Å². The summed E-state index contributed by atoms with van der Waals surface area (Å²) in [6.45, 7) is 2.71. The van der Waals surface area contributed by atoms with Crippen LogP contribution in [0.4, 0.5) is 16.4 Å². The summed E-state index contributed by atoms with van der Waals surface area (Å²) >= 11 is 0. The van der Waals surface area contributed by atoms with Gasteiger partial charge in [-0.1, -0.05) is 0 Å². The minimum absolute atomic E-state index is 0.0616. The zero-order chi connectivity index (χ0) is 24.8. The van der Waals surface area contributed by atoms with E-state index < -0.39 is 6.09 Å². The minimum atomic E-state index is -0.477. The van der Waals surface area contributed by atoms with Crippen LogP contribution in [0.15, 0.2) is 41.2 Å². The predicted octanol–water partition coefficient (Wildman–Crippen LogP) is 1.09. The van der Waals surface area contributed by atoms with Gasteiger partial charge in [-0.15, -0.1) is 0 Å². The molecule has 2 atom stereocenters. The highest BCUT2D eigenvalue weighted by atomic mass is 16.6. The third-order valence-corrected chi connectivity index (χ3v) is 6.74. The average Bonchev–Trinajstić information content (AvgIpc) is 3.28. The fourth-order valence-electron chi connectivity index (χ4n) is 4.93. The number of fused-ring (bicyclic) bond motifs is 3. The number of pyridine rings is 3. The lowest BCUT2D eigenvalue weighted by molar-refractivity contribution is -0.118. The number of rotatable bonds is 5. The Labute approximate surface area is 205 Å². The van der Waals surface area contributed by atoms with Crippen LogP contribution in [0.1, 0.15) is 0 Å². The molecule has 0 aromatic carbocycles. The Morgan fingerprint density at radius 2 is 1.89 bits per heavy atom. The summed E-state index contributed by atoms with van der Waals surface area (Å²) in [5.41, 5.74) is 0.442. The van der Waals surface area contributed by atoms with Gasteiger partial charge in [0.1, 0.15) is 17.6 Å². The molecule has 6 rings (SSSR count). The summed E-state index contributed by atoms with van der Waals surface area (Å²) in [5, 5.41) is 3.52. The van der Waals surface area contributed by atoms with Crippen molar-refractivity contribution in [2.45, 2.75) is 12.6 Å². The molecule has 12 heteroatoms. The molecule has 6 heterocycles. The first-order valence-corrected chi connectivity index (χ1v) is 11.7. The number of aromatic nitrogens is 3. The number of methoxy groups -OCH3 is 1. The van der Waals surface area contributed by atoms with Crippen LogP contribution in [-0.4, -0.2) is 77.4 Å². The van der Waals surface area contributed by atoms with Crippen LogP contribution < -0.4 is 25.2 Å². The molecule has 0 aliphatic carbocycles. The van der Waals surface area contributed by atoms with Gasteiger partial charge in [0.2, 0.25) is 5.88 Å². The highest BCUT2D eigenvalue weighted by Crippen LogP contribution is 2.32. The number of hydrogen-bond donors (Lipinski definition) is 1. The quantitative estimate of drug-likeness (QED) is 0.557. The van der Waals surface area contributed by atoms with Gasteiger partial charge in [0, 0.05) is 56.2 Å². The summed E-state index contributed by atoms with van der Waals surface area (Å²) in [5.74, 6) is 1.38. The van der Waals surface area contributed by atoms with Crippen molar-refractivity contribution in [3.63, 3.8) is 0 Å². The van der Waals surface area contributed by atoms with E-state index in [0.717, 1.165) is 5.39 Å². The van der Waals surface area contributed by atoms with Crippen LogP contribution in [0, 0.1) is 5.92 Å². The molecule has 36 heavy (non-hydrogen) atoms. The van der Waals surface area contributed by atoms with Gasteiger partial charge >= 0.3 is 6.09 Å². The summed E-state index contributed by atoms with van der Waals surface area (Å²) < 4.78 is 18.0. The highest BCUT2D eigenvalue weighted by molar-refractivity contribution is 5.95. The van der Waals surface area contributed by atoms with Gasteiger partial charge < -0.3 is 19.5 Å². The molecule has 3 aliphatic heterocycles. The SMILES string of the molecule is COc1ccc2ccc(=O)n(CCN3CC4CN(c5ccc6c(n5)NC(=O)CO6)C(=O)OC4C3)c2n1. The average molecular weight is 492 g/mol. The first-order chi connectivity index (χ1) is 17.5.